The molecule has 0 unspecified atom stereocenters. The molecule has 2 aliphatic rings. The van der Waals surface area contributed by atoms with Crippen molar-refractivity contribution >= 4 is 23.4 Å². The molecule has 11 nitrogen and oxygen atoms in total. The van der Waals surface area contributed by atoms with Crippen LogP contribution in [0.15, 0.2) is 48.5 Å². The highest BCUT2D eigenvalue weighted by Crippen LogP contribution is 2.45. The number of halogens is 4. The number of aliphatic hydroxyl groups is 1. The lowest BCUT2D eigenvalue weighted by Gasteiger charge is -2.44. The summed E-state index contributed by atoms with van der Waals surface area (Å²) in [5, 5.41) is 24.9. The lowest BCUT2D eigenvalue weighted by Crippen LogP contribution is -2.59. The third-order valence-electron chi connectivity index (χ3n) is 8.76. The summed E-state index contributed by atoms with van der Waals surface area (Å²) in [5.74, 6) is -1.34. The number of nitrogens with one attached hydrogen (secondary N) is 2. The predicted octanol–water partition coefficient (Wildman–Crippen LogP) is 5.74. The summed E-state index contributed by atoms with van der Waals surface area (Å²) >= 11 is 7.07. The number of fused-ring (bicyclic) bond motifs is 1. The van der Waals surface area contributed by atoms with E-state index in [1.54, 1.807) is 14.0 Å². The number of alkyl halides is 3. The topological polar surface area (TPSA) is 142 Å². The summed E-state index contributed by atoms with van der Waals surface area (Å²) in [7, 11) is 2.82. The molecule has 2 aromatic carbocycles. The maximum absolute atomic E-state index is 14.2. The fourth-order valence-electron chi connectivity index (χ4n) is 6.67. The summed E-state index contributed by atoms with van der Waals surface area (Å²) in [4.78, 5) is 25.7. The van der Waals surface area contributed by atoms with Gasteiger partial charge in [-0.25, -0.2) is 9.97 Å². The van der Waals surface area contributed by atoms with E-state index in [1.807, 2.05) is 48.5 Å². The van der Waals surface area contributed by atoms with Crippen LogP contribution in [0.4, 0.5) is 19.0 Å². The van der Waals surface area contributed by atoms with Gasteiger partial charge in [0, 0.05) is 42.9 Å². The van der Waals surface area contributed by atoms with Crippen LogP contribution in [0.5, 0.6) is 11.8 Å². The first kappa shape index (κ1) is 35.3. The molecule has 0 spiro atoms. The van der Waals surface area contributed by atoms with E-state index in [4.69, 9.17) is 31.2 Å². The number of carbonyl (C=O) groups is 1. The molecule has 15 heteroatoms. The highest BCUT2D eigenvalue weighted by Gasteiger charge is 2.39. The van der Waals surface area contributed by atoms with E-state index in [0.29, 0.717) is 54.6 Å². The molecule has 3 heterocycles. The quantitative estimate of drug-likeness (QED) is 0.143. The van der Waals surface area contributed by atoms with Crippen molar-refractivity contribution in [2.45, 2.75) is 50.7 Å². The van der Waals surface area contributed by atoms with Gasteiger partial charge in [0.2, 0.25) is 11.8 Å². The van der Waals surface area contributed by atoms with Gasteiger partial charge in [0.15, 0.2) is 11.5 Å². The van der Waals surface area contributed by atoms with Gasteiger partial charge in [-0.05, 0) is 42.5 Å². The summed E-state index contributed by atoms with van der Waals surface area (Å²) in [6, 6.07) is 14.6. The van der Waals surface area contributed by atoms with Crippen molar-refractivity contribution in [1.82, 2.24) is 25.2 Å². The van der Waals surface area contributed by atoms with Gasteiger partial charge in [-0.3, -0.25) is 9.69 Å². The van der Waals surface area contributed by atoms with Gasteiger partial charge in [-0.2, -0.15) is 18.2 Å². The molecule has 4 aromatic rings. The lowest BCUT2D eigenvalue weighted by atomic mass is 9.94. The number of β-amino-alcohol motifs (C(OH)–C–C–N with tert-alkyl or cyclic N) is 1. The van der Waals surface area contributed by atoms with Crippen molar-refractivity contribution in [3.63, 3.8) is 0 Å². The molecule has 1 atom stereocenters. The van der Waals surface area contributed by atoms with Crippen LogP contribution in [0.2, 0.25) is 5.02 Å². The van der Waals surface area contributed by atoms with Crippen LogP contribution < -0.4 is 20.1 Å². The zero-order valence-electron chi connectivity index (χ0n) is 27.6. The van der Waals surface area contributed by atoms with E-state index < -0.39 is 41.8 Å². The minimum absolute atomic E-state index is 0.152. The average Bonchev–Trinajstić information content (AvgIpc) is 3.46. The first-order valence-corrected chi connectivity index (χ1v) is 16.3. The Labute approximate surface area is 291 Å². The molecular weight excluding hydrogens is 677 g/mol. The Balaban J connectivity index is 1.28. The molecule has 0 amide bonds. The Morgan fingerprint density at radius 2 is 1.72 bits per heavy atom. The Hall–Kier alpha value is -4.50. The second-order valence-electron chi connectivity index (χ2n) is 12.7. The number of methoxy groups -OCH3 is 2. The van der Waals surface area contributed by atoms with Crippen LogP contribution >= 0.6 is 11.6 Å². The number of carboxylic acid groups (broad SMARTS) is 1. The lowest BCUT2D eigenvalue weighted by molar-refractivity contribution is -0.141. The number of hydrogen-bond acceptors (Lipinski definition) is 10. The number of carboxylic acids is 1. The van der Waals surface area contributed by atoms with Crippen LogP contribution in [0.25, 0.3) is 22.4 Å². The van der Waals surface area contributed by atoms with Gasteiger partial charge in [0.25, 0.3) is 0 Å². The van der Waals surface area contributed by atoms with Gasteiger partial charge >= 0.3 is 12.1 Å². The Kier molecular flexibility index (Phi) is 9.91. The second kappa shape index (κ2) is 14.0. The zero-order chi connectivity index (χ0) is 35.8. The summed E-state index contributed by atoms with van der Waals surface area (Å²) in [6.07, 6.45) is -3.79. The largest absolute Gasteiger partial charge is 0.481 e. The number of nitrogens with zero attached hydrogens (tertiary/aromatic N) is 4. The number of pyridine rings is 1. The molecular formula is C35H36ClF3N6O5. The first-order chi connectivity index (χ1) is 23.8. The smallest absolute Gasteiger partial charge is 0.437 e. The van der Waals surface area contributed by atoms with Gasteiger partial charge < -0.3 is 30.3 Å². The normalized spacial score (nSPS) is 16.8. The molecule has 0 bridgehead atoms. The van der Waals surface area contributed by atoms with Crippen molar-refractivity contribution in [2.24, 2.45) is 0 Å². The molecule has 1 fully saturated rings. The maximum atomic E-state index is 14.2. The minimum atomic E-state index is -4.84. The van der Waals surface area contributed by atoms with Crippen molar-refractivity contribution in [2.75, 3.05) is 39.2 Å². The average molecular weight is 713 g/mol. The van der Waals surface area contributed by atoms with Crippen molar-refractivity contribution in [3.8, 4) is 34.1 Å². The van der Waals surface area contributed by atoms with E-state index >= 15 is 0 Å². The highest BCUT2D eigenvalue weighted by atomic mass is 35.5. The van der Waals surface area contributed by atoms with Gasteiger partial charge in [0.05, 0.1) is 43.1 Å². The Morgan fingerprint density at radius 3 is 2.40 bits per heavy atom. The van der Waals surface area contributed by atoms with E-state index in [-0.39, 0.29) is 18.1 Å². The minimum Gasteiger partial charge on any atom is -0.481 e. The van der Waals surface area contributed by atoms with E-state index in [9.17, 15) is 23.1 Å². The number of aromatic nitrogens is 3. The van der Waals surface area contributed by atoms with Crippen LogP contribution in [0.3, 0.4) is 0 Å². The maximum Gasteiger partial charge on any atom is 0.437 e. The molecule has 50 heavy (non-hydrogen) atoms. The van der Waals surface area contributed by atoms with Crippen molar-refractivity contribution in [1.29, 1.82) is 0 Å². The van der Waals surface area contributed by atoms with Crippen LogP contribution in [-0.4, -0.2) is 75.5 Å². The van der Waals surface area contributed by atoms with Gasteiger partial charge in [-0.1, -0.05) is 54.1 Å². The fourth-order valence-corrected chi connectivity index (χ4v) is 6.99. The summed E-state index contributed by atoms with van der Waals surface area (Å²) in [6.45, 7) is 2.77. The SMILES string of the molecule is COc1nc(-c2cccc(-c3cccc4c3CC[C@@H]4Nc3nc(OC)c(CNCC(=O)O)nc3C(F)(F)F)c2Cl)ccc1CN1CC(C)(O)C1. The molecule has 0 radical (unpaired) electrons. The third-order valence-corrected chi connectivity index (χ3v) is 9.17. The molecule has 1 saturated heterocycles. The summed E-state index contributed by atoms with van der Waals surface area (Å²) in [5.41, 5.74) is 3.48. The number of rotatable bonds is 12. The Morgan fingerprint density at radius 1 is 1.02 bits per heavy atom. The number of likely N-dealkylation sites (tertiary alicyclic amines) is 1. The van der Waals surface area contributed by atoms with Crippen molar-refractivity contribution < 1.29 is 37.7 Å². The molecule has 4 N–H and O–H groups in total. The van der Waals surface area contributed by atoms with Crippen LogP contribution in [-0.2, 0) is 30.5 Å². The van der Waals surface area contributed by atoms with Crippen LogP contribution in [0, 0.1) is 0 Å². The third kappa shape index (κ3) is 7.33. The van der Waals surface area contributed by atoms with Gasteiger partial charge in [0.1, 0.15) is 5.69 Å². The second-order valence-corrected chi connectivity index (χ2v) is 13.0. The van der Waals surface area contributed by atoms with Crippen LogP contribution in [0.1, 0.15) is 47.5 Å². The highest BCUT2D eigenvalue weighted by molar-refractivity contribution is 6.36. The molecule has 2 aromatic heterocycles. The van der Waals surface area contributed by atoms with E-state index in [2.05, 4.69) is 25.5 Å². The first-order valence-electron chi connectivity index (χ1n) is 15.9. The molecule has 1 aliphatic heterocycles. The Bertz CT molecular complexity index is 1920. The monoisotopic (exact) mass is 712 g/mol. The summed E-state index contributed by atoms with van der Waals surface area (Å²) < 4.78 is 53.5. The molecule has 0 saturated carbocycles. The molecule has 1 aliphatic carbocycles. The van der Waals surface area contributed by atoms with Gasteiger partial charge in [-0.15, -0.1) is 0 Å². The standard InChI is InChI=1S/C35H36ClF3N6O5/c1-34(48)17-45(18-34)16-19-10-12-26(43-32(19)49-2)24-9-5-8-23(29(24)36)20-6-4-7-22-21(20)11-13-25(22)42-31-30(35(37,38)39)41-27(33(44-31)50-3)14-40-15-28(46)47/h4-10,12,25,40,48H,11,13-18H2,1-3H3,(H,42,44)(H,46,47)/t25-/m0/s1. The van der Waals surface area contributed by atoms with Crippen molar-refractivity contribution in [3.05, 3.63) is 81.6 Å². The van der Waals surface area contributed by atoms with E-state index in [0.717, 1.165) is 27.8 Å². The number of hydrogen-bond donors (Lipinski definition) is 4. The molecule has 6 rings (SSSR count). The fraction of sp³-hybridized carbons (Fsp3) is 0.371. The zero-order valence-corrected chi connectivity index (χ0v) is 28.3. The number of benzene rings is 2. The number of aliphatic carboxylic acids is 1. The predicted molar refractivity (Wildman–Crippen MR) is 180 cm³/mol. The number of ether oxygens (including phenoxy) is 2. The van der Waals surface area contributed by atoms with E-state index in [1.165, 1.54) is 7.11 Å². The number of anilines is 1. The molecule has 264 valence electrons.